The predicted octanol–water partition coefficient (Wildman–Crippen LogP) is 7.02. The quantitative estimate of drug-likeness (QED) is 0.0188. The first-order chi connectivity index (χ1) is 31.1. The lowest BCUT2D eigenvalue weighted by atomic mass is 9.98. The number of aliphatic hydroxyl groups is 7. The molecular formula is C50H90O14. The summed E-state index contributed by atoms with van der Waals surface area (Å²) in [5, 5.41) is 72.0. The third-order valence-electron chi connectivity index (χ3n) is 11.9. The molecule has 2 aliphatic heterocycles. The lowest BCUT2D eigenvalue weighted by Gasteiger charge is -2.42. The Morgan fingerprint density at radius 2 is 0.969 bits per heavy atom. The van der Waals surface area contributed by atoms with Gasteiger partial charge in [-0.05, 0) is 70.6 Å². The molecule has 2 rings (SSSR count). The summed E-state index contributed by atoms with van der Waals surface area (Å²) < 4.78 is 34.2. The second-order valence-electron chi connectivity index (χ2n) is 17.6. The van der Waals surface area contributed by atoms with Crippen molar-refractivity contribution in [1.82, 2.24) is 0 Å². The third-order valence-corrected chi connectivity index (χ3v) is 11.9. The van der Waals surface area contributed by atoms with E-state index in [-0.39, 0.29) is 19.6 Å². The Morgan fingerprint density at radius 3 is 1.55 bits per heavy atom. The molecule has 0 aliphatic carbocycles. The van der Waals surface area contributed by atoms with Gasteiger partial charge in [-0.1, -0.05) is 134 Å². The molecule has 2 heterocycles. The summed E-state index contributed by atoms with van der Waals surface area (Å²) in [7, 11) is 0. The van der Waals surface area contributed by atoms with Crippen LogP contribution in [0.25, 0.3) is 0 Å². The number of hydrogen-bond donors (Lipinski definition) is 7. The molecule has 7 N–H and O–H groups in total. The summed E-state index contributed by atoms with van der Waals surface area (Å²) >= 11 is 0. The third kappa shape index (κ3) is 25.9. The zero-order valence-electron chi connectivity index (χ0n) is 39.5. The highest BCUT2D eigenvalue weighted by Crippen LogP contribution is 2.26. The number of aliphatic hydroxyl groups excluding tert-OH is 7. The van der Waals surface area contributed by atoms with E-state index in [2.05, 4.69) is 50.3 Å². The molecule has 11 atom stereocenters. The van der Waals surface area contributed by atoms with E-state index in [1.165, 1.54) is 77.0 Å². The van der Waals surface area contributed by atoms with Crippen molar-refractivity contribution in [3.05, 3.63) is 36.5 Å². The van der Waals surface area contributed by atoms with Crippen molar-refractivity contribution < 1.29 is 69.0 Å². The van der Waals surface area contributed by atoms with Crippen LogP contribution in [0.2, 0.25) is 0 Å². The summed E-state index contributed by atoms with van der Waals surface area (Å²) in [6.45, 7) is 3.62. The van der Waals surface area contributed by atoms with Gasteiger partial charge >= 0.3 is 5.97 Å². The SMILES string of the molecule is CCCCC/C=C\C/C=C\CCCCCCCC(=O)OC(COCCCCCCCC/C=C\CCCCCCC)COC1OC(COC2OC(CO)C(O)C(O)C2O)C(O)C(O)C1O. The van der Waals surface area contributed by atoms with Crippen LogP contribution in [0, 0.1) is 0 Å². The van der Waals surface area contributed by atoms with Crippen LogP contribution in [0.15, 0.2) is 36.5 Å². The fourth-order valence-electron chi connectivity index (χ4n) is 7.72. The van der Waals surface area contributed by atoms with Crippen molar-refractivity contribution in [2.45, 2.75) is 242 Å². The first-order valence-electron chi connectivity index (χ1n) is 25.1. The average Bonchev–Trinajstić information content (AvgIpc) is 3.29. The van der Waals surface area contributed by atoms with E-state index in [1.54, 1.807) is 0 Å². The Hall–Kier alpha value is -1.79. The lowest BCUT2D eigenvalue weighted by Crippen LogP contribution is -2.61. The number of ether oxygens (including phenoxy) is 6. The van der Waals surface area contributed by atoms with Gasteiger partial charge in [-0.15, -0.1) is 0 Å². The minimum atomic E-state index is -1.71. The molecule has 0 aromatic heterocycles. The summed E-state index contributed by atoms with van der Waals surface area (Å²) in [5.41, 5.74) is 0. The Labute approximate surface area is 385 Å². The highest BCUT2D eigenvalue weighted by atomic mass is 16.7. The summed E-state index contributed by atoms with van der Waals surface area (Å²) in [4.78, 5) is 13.0. The largest absolute Gasteiger partial charge is 0.457 e. The smallest absolute Gasteiger partial charge is 0.306 e. The standard InChI is InChI=1S/C50H90O14/c1-3-5-7-9-11-13-15-17-19-21-23-25-27-29-31-33-42(52)62-39(36-59-34-32-30-28-26-24-22-20-18-16-14-12-10-8-6-4-2)37-60-49-48(58)46(56)44(54)41(64-49)38-61-50-47(57)45(55)43(53)40(35-51)63-50/h11,13,16-19,39-41,43-51,53-58H,3-10,12,14-15,20-38H2,1-2H3/b13-11-,18-16-,19-17-. The lowest BCUT2D eigenvalue weighted by molar-refractivity contribution is -0.332. The summed E-state index contributed by atoms with van der Waals surface area (Å²) in [6.07, 6.45) is 24.9. The highest BCUT2D eigenvalue weighted by molar-refractivity contribution is 5.69. The van der Waals surface area contributed by atoms with E-state index in [1.807, 2.05) is 0 Å². The normalized spacial score (nSPS) is 27.0. The Bertz CT molecular complexity index is 1200. The van der Waals surface area contributed by atoms with Crippen LogP contribution in [-0.4, -0.2) is 142 Å². The molecule has 0 aromatic rings. The molecule has 14 heteroatoms. The molecule has 14 nitrogen and oxygen atoms in total. The maximum atomic E-state index is 13.0. The second kappa shape index (κ2) is 38.2. The van der Waals surface area contributed by atoms with Crippen molar-refractivity contribution in [2.75, 3.05) is 33.0 Å². The van der Waals surface area contributed by atoms with Gasteiger partial charge in [0.15, 0.2) is 12.6 Å². The van der Waals surface area contributed by atoms with Gasteiger partial charge < -0.3 is 64.2 Å². The maximum Gasteiger partial charge on any atom is 0.306 e. The predicted molar refractivity (Wildman–Crippen MR) is 247 cm³/mol. The number of allylic oxidation sites excluding steroid dienone is 6. The van der Waals surface area contributed by atoms with Crippen molar-refractivity contribution in [1.29, 1.82) is 0 Å². The van der Waals surface area contributed by atoms with Crippen LogP contribution in [0.5, 0.6) is 0 Å². The zero-order chi connectivity index (χ0) is 46.6. The topological polar surface area (TPSA) is 214 Å². The molecule has 0 spiro atoms. The van der Waals surface area contributed by atoms with Crippen LogP contribution in [0.3, 0.4) is 0 Å². The monoisotopic (exact) mass is 915 g/mol. The van der Waals surface area contributed by atoms with E-state index < -0.39 is 86.7 Å². The van der Waals surface area contributed by atoms with E-state index in [4.69, 9.17) is 28.4 Å². The Morgan fingerprint density at radius 1 is 0.516 bits per heavy atom. The number of unbranched alkanes of at least 4 members (excludes halogenated alkanes) is 19. The van der Waals surface area contributed by atoms with Gasteiger partial charge in [0, 0.05) is 13.0 Å². The van der Waals surface area contributed by atoms with Gasteiger partial charge in [-0.2, -0.15) is 0 Å². The van der Waals surface area contributed by atoms with E-state index >= 15 is 0 Å². The molecule has 0 bridgehead atoms. The van der Waals surface area contributed by atoms with E-state index in [0.29, 0.717) is 13.0 Å². The van der Waals surface area contributed by atoms with Crippen molar-refractivity contribution >= 4 is 5.97 Å². The molecule has 11 unspecified atom stereocenters. The average molecular weight is 915 g/mol. The van der Waals surface area contributed by atoms with Crippen LogP contribution in [0.1, 0.15) is 174 Å². The number of rotatable bonds is 39. The van der Waals surface area contributed by atoms with Gasteiger partial charge in [0.2, 0.25) is 0 Å². The molecule has 2 aliphatic rings. The number of carbonyl (C=O) groups is 1. The van der Waals surface area contributed by atoms with Gasteiger partial charge in [0.25, 0.3) is 0 Å². The molecular weight excluding hydrogens is 825 g/mol. The van der Waals surface area contributed by atoms with Gasteiger partial charge in [0.1, 0.15) is 54.9 Å². The molecule has 2 fully saturated rings. The minimum absolute atomic E-state index is 0.0521. The fraction of sp³-hybridized carbons (Fsp3) is 0.860. The first kappa shape index (κ1) is 58.3. The molecule has 64 heavy (non-hydrogen) atoms. The van der Waals surface area contributed by atoms with Gasteiger partial charge in [0.05, 0.1) is 26.4 Å². The molecule has 0 amide bonds. The number of hydrogen-bond acceptors (Lipinski definition) is 14. The highest BCUT2D eigenvalue weighted by Gasteiger charge is 2.47. The van der Waals surface area contributed by atoms with Gasteiger partial charge in [-0.25, -0.2) is 0 Å². The second-order valence-corrected chi connectivity index (χ2v) is 17.6. The Kier molecular flexibility index (Phi) is 34.8. The van der Waals surface area contributed by atoms with Crippen LogP contribution >= 0.6 is 0 Å². The first-order valence-corrected chi connectivity index (χ1v) is 25.1. The number of esters is 1. The van der Waals surface area contributed by atoms with Crippen LogP contribution in [-0.2, 0) is 33.2 Å². The van der Waals surface area contributed by atoms with Crippen LogP contribution in [0.4, 0.5) is 0 Å². The molecule has 0 radical (unpaired) electrons. The maximum absolute atomic E-state index is 13.0. The molecule has 2 saturated heterocycles. The van der Waals surface area contributed by atoms with Gasteiger partial charge in [-0.3, -0.25) is 4.79 Å². The van der Waals surface area contributed by atoms with E-state index in [9.17, 15) is 40.5 Å². The summed E-state index contributed by atoms with van der Waals surface area (Å²) in [5.74, 6) is -0.393. The van der Waals surface area contributed by atoms with E-state index in [0.717, 1.165) is 70.6 Å². The summed E-state index contributed by atoms with van der Waals surface area (Å²) in [6, 6.07) is 0. The zero-order valence-corrected chi connectivity index (χ0v) is 39.5. The number of carbonyl (C=O) groups excluding carboxylic acids is 1. The molecule has 0 aromatic carbocycles. The van der Waals surface area contributed by atoms with Crippen LogP contribution < -0.4 is 0 Å². The fourth-order valence-corrected chi connectivity index (χ4v) is 7.72. The minimum Gasteiger partial charge on any atom is -0.457 e. The van der Waals surface area contributed by atoms with Crippen molar-refractivity contribution in [3.8, 4) is 0 Å². The van der Waals surface area contributed by atoms with Crippen molar-refractivity contribution in [2.24, 2.45) is 0 Å². The molecule has 374 valence electrons. The van der Waals surface area contributed by atoms with Crippen molar-refractivity contribution in [3.63, 3.8) is 0 Å². The molecule has 0 saturated carbocycles. The Balaban J connectivity index is 1.79.